The van der Waals surface area contributed by atoms with Crippen LogP contribution in [0, 0.1) is 5.92 Å². The summed E-state index contributed by atoms with van der Waals surface area (Å²) in [4.78, 5) is 10.9. The number of carbonyl (C=O) groups is 1. The highest BCUT2D eigenvalue weighted by atomic mass is 19.4. The van der Waals surface area contributed by atoms with Crippen LogP contribution in [0.2, 0.25) is 0 Å². The van der Waals surface area contributed by atoms with Crippen molar-refractivity contribution in [3.05, 3.63) is 0 Å². The van der Waals surface area contributed by atoms with Gasteiger partial charge in [-0.3, -0.25) is 4.79 Å². The third-order valence-corrected chi connectivity index (χ3v) is 2.61. The van der Waals surface area contributed by atoms with Gasteiger partial charge in [-0.05, 0) is 0 Å². The fourth-order valence-corrected chi connectivity index (χ4v) is 1.12. The van der Waals surface area contributed by atoms with Crippen LogP contribution in [0.25, 0.3) is 0 Å². The van der Waals surface area contributed by atoms with Crippen LogP contribution < -0.4 is 5.32 Å². The summed E-state index contributed by atoms with van der Waals surface area (Å²) in [5.74, 6) is -30.4. The molecule has 0 saturated heterocycles. The van der Waals surface area contributed by atoms with Crippen molar-refractivity contribution >= 4 is 5.91 Å². The van der Waals surface area contributed by atoms with E-state index in [1.807, 2.05) is 0 Å². The van der Waals surface area contributed by atoms with Crippen LogP contribution in [0.3, 0.4) is 0 Å². The molecule has 0 aromatic carbocycles. The Kier molecular flexibility index (Phi) is 5.63. The Morgan fingerprint density at radius 3 is 1.48 bits per heavy atom. The second kappa shape index (κ2) is 5.96. The van der Waals surface area contributed by atoms with Gasteiger partial charge in [0.25, 0.3) is 0 Å². The molecule has 0 rings (SSSR count). The summed E-state index contributed by atoms with van der Waals surface area (Å²) < 4.78 is 138. The Labute approximate surface area is 122 Å². The highest BCUT2D eigenvalue weighted by molar-refractivity contribution is 5.77. The second-order valence-electron chi connectivity index (χ2n) is 4.80. The molecule has 0 unspecified atom stereocenters. The number of nitrogens with one attached hydrogen (secondary N) is 1. The lowest BCUT2D eigenvalue weighted by atomic mass is 9.98. The van der Waals surface area contributed by atoms with Crippen molar-refractivity contribution in [2.24, 2.45) is 5.92 Å². The van der Waals surface area contributed by atoms with Crippen LogP contribution in [0.1, 0.15) is 13.8 Å². The zero-order valence-corrected chi connectivity index (χ0v) is 11.4. The van der Waals surface area contributed by atoms with Gasteiger partial charge in [0, 0.05) is 5.92 Å². The van der Waals surface area contributed by atoms with Crippen molar-refractivity contribution in [2.75, 3.05) is 6.54 Å². The van der Waals surface area contributed by atoms with E-state index in [0.717, 1.165) is 19.2 Å². The van der Waals surface area contributed by atoms with Gasteiger partial charge in [0.1, 0.15) is 0 Å². The maximum atomic E-state index is 13.1. The van der Waals surface area contributed by atoms with Crippen molar-refractivity contribution in [1.29, 1.82) is 0 Å². The zero-order chi connectivity index (χ0) is 19.1. The monoisotopic (exact) mass is 369 g/mol. The normalized spacial score (nSPS) is 15.0. The number of alkyl halides is 11. The molecular weight excluding hydrogens is 359 g/mol. The Morgan fingerprint density at radius 1 is 0.783 bits per heavy atom. The first-order valence-corrected chi connectivity index (χ1v) is 5.68. The fourth-order valence-electron chi connectivity index (χ4n) is 1.12. The third-order valence-electron chi connectivity index (χ3n) is 2.61. The van der Waals surface area contributed by atoms with Crippen LogP contribution in [-0.4, -0.2) is 42.3 Å². The topological polar surface area (TPSA) is 29.1 Å². The minimum absolute atomic E-state index is 1.06. The number of hydrogen-bond donors (Lipinski definition) is 1. The van der Waals surface area contributed by atoms with Crippen molar-refractivity contribution in [1.82, 2.24) is 5.32 Å². The summed E-state index contributed by atoms with van der Waals surface area (Å²) in [6, 6.07) is 0. The largest absolute Gasteiger partial charge is 0.460 e. The average Bonchev–Trinajstić information content (AvgIpc) is 2.33. The number of hydrogen-bond acceptors (Lipinski definition) is 1. The molecule has 138 valence electrons. The van der Waals surface area contributed by atoms with E-state index in [-0.39, 0.29) is 0 Å². The molecule has 0 spiro atoms. The van der Waals surface area contributed by atoms with E-state index in [1.165, 1.54) is 0 Å². The van der Waals surface area contributed by atoms with E-state index in [9.17, 15) is 53.1 Å². The van der Waals surface area contributed by atoms with E-state index >= 15 is 0 Å². The third kappa shape index (κ3) is 3.62. The van der Waals surface area contributed by atoms with Crippen molar-refractivity contribution in [3.63, 3.8) is 0 Å². The zero-order valence-electron chi connectivity index (χ0n) is 11.4. The van der Waals surface area contributed by atoms with E-state index in [0.29, 0.717) is 0 Å². The summed E-state index contributed by atoms with van der Waals surface area (Å²) in [5, 5.41) is 1.06. The molecule has 23 heavy (non-hydrogen) atoms. The van der Waals surface area contributed by atoms with Crippen LogP contribution >= 0.6 is 0 Å². The Balaban J connectivity index is 5.62. The Hall–Kier alpha value is -1.30. The highest BCUT2D eigenvalue weighted by Gasteiger charge is 2.87. The summed E-state index contributed by atoms with van der Waals surface area (Å²) in [7, 11) is 0. The molecule has 13 heteroatoms. The molecule has 1 amide bonds. The first-order chi connectivity index (χ1) is 9.83. The molecule has 2 nitrogen and oxygen atoms in total. The van der Waals surface area contributed by atoms with Crippen LogP contribution in [0.5, 0.6) is 0 Å². The van der Waals surface area contributed by atoms with E-state index < -0.39 is 48.2 Å². The van der Waals surface area contributed by atoms with Crippen LogP contribution in [0.15, 0.2) is 0 Å². The predicted octanol–water partition coefficient (Wildman–Crippen LogP) is 3.86. The molecule has 0 aromatic rings. The van der Waals surface area contributed by atoms with E-state index in [1.54, 1.807) is 0 Å². The SMILES string of the molecule is CC(C)C(=O)NCC(F)(F)C(F)(F)C(F)(F)C(F)(F)C(F)(F)F. The maximum absolute atomic E-state index is 13.1. The summed E-state index contributed by atoms with van der Waals surface area (Å²) in [5.41, 5.74) is 0. The van der Waals surface area contributed by atoms with Crippen LogP contribution in [0.4, 0.5) is 48.3 Å². The maximum Gasteiger partial charge on any atom is 0.460 e. The van der Waals surface area contributed by atoms with Gasteiger partial charge in [0.15, 0.2) is 0 Å². The van der Waals surface area contributed by atoms with E-state index in [2.05, 4.69) is 0 Å². The average molecular weight is 369 g/mol. The molecule has 0 bridgehead atoms. The number of rotatable bonds is 6. The second-order valence-corrected chi connectivity index (χ2v) is 4.80. The molecule has 0 aliphatic heterocycles. The number of amides is 1. The summed E-state index contributed by atoms with van der Waals surface area (Å²) >= 11 is 0. The van der Waals surface area contributed by atoms with Crippen molar-refractivity contribution in [2.45, 2.75) is 43.7 Å². The molecule has 0 radical (unpaired) electrons. The summed E-state index contributed by atoms with van der Waals surface area (Å²) in [6.07, 6.45) is -7.20. The summed E-state index contributed by atoms with van der Waals surface area (Å²) in [6.45, 7) is -0.364. The first kappa shape index (κ1) is 21.7. The lowest BCUT2D eigenvalue weighted by Gasteiger charge is -2.37. The van der Waals surface area contributed by atoms with Gasteiger partial charge in [0.05, 0.1) is 6.54 Å². The highest BCUT2D eigenvalue weighted by Crippen LogP contribution is 2.57. The molecule has 0 aliphatic carbocycles. The van der Waals surface area contributed by atoms with Gasteiger partial charge < -0.3 is 5.32 Å². The molecule has 0 fully saturated rings. The van der Waals surface area contributed by atoms with E-state index in [4.69, 9.17) is 0 Å². The molecule has 1 N–H and O–H groups in total. The molecule has 0 aromatic heterocycles. The van der Waals surface area contributed by atoms with Gasteiger partial charge in [-0.1, -0.05) is 13.8 Å². The smallest absolute Gasteiger partial charge is 0.350 e. The minimum atomic E-state index is -7.45. The van der Waals surface area contributed by atoms with Crippen molar-refractivity contribution < 1.29 is 53.1 Å². The molecule has 0 atom stereocenters. The number of carbonyl (C=O) groups excluding carboxylic acids is 1. The first-order valence-electron chi connectivity index (χ1n) is 5.68. The Morgan fingerprint density at radius 2 is 1.17 bits per heavy atom. The number of halogens is 11. The van der Waals surface area contributed by atoms with Crippen LogP contribution in [-0.2, 0) is 4.79 Å². The molecular formula is C10H10F11NO. The fraction of sp³-hybridized carbons (Fsp3) is 0.900. The standard InChI is InChI=1S/C10H10F11NO/c1-4(2)5(23)22-3-6(11,12)7(13,14)8(15,16)9(17,18)10(19,20)21/h4H,3H2,1-2H3,(H,22,23). The quantitative estimate of drug-likeness (QED) is 0.708. The minimum Gasteiger partial charge on any atom is -0.350 e. The molecule has 0 aliphatic rings. The molecule has 0 heterocycles. The lowest BCUT2D eigenvalue weighted by molar-refractivity contribution is -0.421. The van der Waals surface area contributed by atoms with Gasteiger partial charge in [-0.25, -0.2) is 0 Å². The van der Waals surface area contributed by atoms with Gasteiger partial charge in [-0.15, -0.1) is 0 Å². The molecule has 0 saturated carbocycles. The van der Waals surface area contributed by atoms with Gasteiger partial charge >= 0.3 is 29.9 Å². The Bertz CT molecular complexity index is 441. The van der Waals surface area contributed by atoms with Gasteiger partial charge in [0.2, 0.25) is 5.91 Å². The van der Waals surface area contributed by atoms with Crippen molar-refractivity contribution in [3.8, 4) is 0 Å². The lowest BCUT2D eigenvalue weighted by Crippen LogP contribution is -2.68. The van der Waals surface area contributed by atoms with Gasteiger partial charge in [-0.2, -0.15) is 48.3 Å². The predicted molar refractivity (Wildman–Crippen MR) is 53.7 cm³/mol.